The number of hydrogen-bond acceptors (Lipinski definition) is 5. The summed E-state index contributed by atoms with van der Waals surface area (Å²) in [5, 5.41) is 13.4. The van der Waals surface area contributed by atoms with Gasteiger partial charge in [0.2, 0.25) is 0 Å². The Morgan fingerprint density at radius 2 is 2.00 bits per heavy atom. The van der Waals surface area contributed by atoms with Crippen molar-refractivity contribution in [3.8, 4) is 0 Å². The van der Waals surface area contributed by atoms with Crippen LogP contribution in [0.2, 0.25) is 5.02 Å². The lowest BCUT2D eigenvalue weighted by Gasteiger charge is -2.11. The zero-order valence-electron chi connectivity index (χ0n) is 14.1. The second-order valence-corrected chi connectivity index (χ2v) is 7.15. The molecule has 1 aromatic carbocycles. The van der Waals surface area contributed by atoms with Crippen LogP contribution in [0.1, 0.15) is 15.9 Å². The summed E-state index contributed by atoms with van der Waals surface area (Å²) in [6.45, 7) is -0.700. The number of carbonyl (C=O) groups excluding carboxylic acids is 1. The molecule has 0 aliphatic rings. The lowest BCUT2D eigenvalue weighted by molar-refractivity contribution is -0.138. The summed E-state index contributed by atoms with van der Waals surface area (Å²) in [5.41, 5.74) is -2.24. The van der Waals surface area contributed by atoms with E-state index in [0.717, 1.165) is 30.0 Å². The molecule has 8 nitrogen and oxygen atoms in total. The first-order chi connectivity index (χ1) is 13.6. The molecular formula is C16H10ClF3N4O4S. The Balaban J connectivity index is 2.03. The van der Waals surface area contributed by atoms with Crippen LogP contribution >= 0.6 is 23.4 Å². The average Bonchev–Trinajstić information content (AvgIpc) is 3.08. The molecule has 2 aromatic heterocycles. The molecule has 0 unspecified atom stereocenters. The van der Waals surface area contributed by atoms with Gasteiger partial charge in [-0.25, -0.2) is 9.50 Å². The molecule has 3 N–H and O–H groups in total. The molecule has 0 spiro atoms. The van der Waals surface area contributed by atoms with Crippen molar-refractivity contribution < 1.29 is 27.9 Å². The molecule has 0 fully saturated rings. The molecule has 29 heavy (non-hydrogen) atoms. The Hall–Kier alpha value is -2.99. The van der Waals surface area contributed by atoms with E-state index in [4.69, 9.17) is 16.7 Å². The van der Waals surface area contributed by atoms with Gasteiger partial charge in [0, 0.05) is 16.0 Å². The van der Waals surface area contributed by atoms with E-state index in [1.54, 1.807) is 0 Å². The molecule has 0 saturated carbocycles. The number of rotatable bonds is 5. The van der Waals surface area contributed by atoms with E-state index in [9.17, 15) is 27.6 Å². The fourth-order valence-corrected chi connectivity index (χ4v) is 3.72. The van der Waals surface area contributed by atoms with Crippen LogP contribution in [0.4, 0.5) is 13.2 Å². The quantitative estimate of drug-likeness (QED) is 0.555. The number of amides is 1. The maximum atomic E-state index is 13.0. The number of pyridine rings is 1. The number of aromatic amines is 1. The van der Waals surface area contributed by atoms with E-state index < -0.39 is 41.2 Å². The highest BCUT2D eigenvalue weighted by Gasteiger charge is 2.31. The van der Waals surface area contributed by atoms with Crippen LogP contribution in [0, 0.1) is 0 Å². The Kier molecular flexibility index (Phi) is 5.57. The number of carboxylic acids is 1. The fourth-order valence-electron chi connectivity index (χ4n) is 2.41. The zero-order chi connectivity index (χ0) is 21.3. The fraction of sp³-hybridized carbons (Fsp3) is 0.125. The number of benzene rings is 1. The van der Waals surface area contributed by atoms with Crippen LogP contribution in [0.5, 0.6) is 0 Å². The monoisotopic (exact) mass is 446 g/mol. The third-order valence-electron chi connectivity index (χ3n) is 3.58. The predicted octanol–water partition coefficient (Wildman–Crippen LogP) is 2.66. The highest BCUT2D eigenvalue weighted by molar-refractivity contribution is 7.99. The number of hydrogen-bond donors (Lipinski definition) is 3. The van der Waals surface area contributed by atoms with Gasteiger partial charge in [-0.3, -0.25) is 19.5 Å². The van der Waals surface area contributed by atoms with Gasteiger partial charge in [-0.1, -0.05) is 23.4 Å². The maximum Gasteiger partial charge on any atom is 0.416 e. The minimum atomic E-state index is -4.60. The predicted molar refractivity (Wildman–Crippen MR) is 96.4 cm³/mol. The van der Waals surface area contributed by atoms with Gasteiger partial charge in [-0.2, -0.15) is 13.2 Å². The number of aromatic nitrogens is 3. The highest BCUT2D eigenvalue weighted by Crippen LogP contribution is 2.36. The molecule has 3 aromatic rings. The smallest absolute Gasteiger partial charge is 0.416 e. The molecule has 1 amide bonds. The third kappa shape index (κ3) is 4.54. The third-order valence-corrected chi connectivity index (χ3v) is 4.78. The van der Waals surface area contributed by atoms with Gasteiger partial charge in [0.15, 0.2) is 11.1 Å². The zero-order valence-corrected chi connectivity index (χ0v) is 15.7. The minimum Gasteiger partial charge on any atom is -0.480 e. The van der Waals surface area contributed by atoms with E-state index in [1.807, 2.05) is 0 Å². The highest BCUT2D eigenvalue weighted by atomic mass is 35.5. The topological polar surface area (TPSA) is 117 Å². The van der Waals surface area contributed by atoms with Crippen LogP contribution in [0.25, 0.3) is 5.65 Å². The van der Waals surface area contributed by atoms with Crippen LogP contribution < -0.4 is 10.7 Å². The first-order valence-corrected chi connectivity index (χ1v) is 8.90. The molecular weight excluding hydrogens is 437 g/mol. The second kappa shape index (κ2) is 7.79. The van der Waals surface area contributed by atoms with Crippen LogP contribution in [0.15, 0.2) is 45.3 Å². The number of carboxylic acid groups (broad SMARTS) is 1. The molecule has 0 aliphatic carbocycles. The number of halogens is 4. The number of fused-ring (bicyclic) bond motifs is 1. The van der Waals surface area contributed by atoms with Crippen molar-refractivity contribution in [3.63, 3.8) is 0 Å². The molecule has 0 aliphatic heterocycles. The Morgan fingerprint density at radius 3 is 2.66 bits per heavy atom. The van der Waals surface area contributed by atoms with Gasteiger partial charge in [0.1, 0.15) is 23.5 Å². The number of alkyl halides is 3. The summed E-state index contributed by atoms with van der Waals surface area (Å²) < 4.78 is 40.2. The van der Waals surface area contributed by atoms with E-state index in [2.05, 4.69) is 15.4 Å². The van der Waals surface area contributed by atoms with Crippen molar-refractivity contribution in [2.24, 2.45) is 0 Å². The van der Waals surface area contributed by atoms with Crippen molar-refractivity contribution in [2.75, 3.05) is 6.54 Å². The number of nitrogens with one attached hydrogen (secondary N) is 2. The number of nitrogens with zero attached hydrogens (tertiary/aromatic N) is 2. The van der Waals surface area contributed by atoms with Gasteiger partial charge in [-0.05, 0) is 18.2 Å². The van der Waals surface area contributed by atoms with Crippen LogP contribution in [-0.2, 0) is 11.0 Å². The summed E-state index contributed by atoms with van der Waals surface area (Å²) in [4.78, 5) is 39.2. The second-order valence-electron chi connectivity index (χ2n) is 5.62. The summed E-state index contributed by atoms with van der Waals surface area (Å²) >= 11 is 6.58. The van der Waals surface area contributed by atoms with Crippen LogP contribution in [-0.4, -0.2) is 38.1 Å². The van der Waals surface area contributed by atoms with Gasteiger partial charge >= 0.3 is 12.1 Å². The Bertz CT molecular complexity index is 1180. The van der Waals surface area contributed by atoms with Crippen molar-refractivity contribution in [1.82, 2.24) is 19.9 Å². The Labute approximate surface area is 168 Å². The number of carbonyl (C=O) groups is 2. The molecule has 152 valence electrons. The van der Waals surface area contributed by atoms with Gasteiger partial charge in [-0.15, -0.1) is 0 Å². The van der Waals surface area contributed by atoms with Crippen molar-refractivity contribution >= 4 is 40.9 Å². The molecule has 0 saturated heterocycles. The first-order valence-electron chi connectivity index (χ1n) is 7.71. The van der Waals surface area contributed by atoms with Crippen molar-refractivity contribution in [2.45, 2.75) is 16.1 Å². The largest absolute Gasteiger partial charge is 0.480 e. The summed E-state index contributed by atoms with van der Waals surface area (Å²) in [7, 11) is 0. The van der Waals surface area contributed by atoms with Crippen LogP contribution in [0.3, 0.4) is 0 Å². The molecule has 3 rings (SSSR count). The molecule has 0 radical (unpaired) electrons. The molecule has 2 heterocycles. The van der Waals surface area contributed by atoms with Crippen molar-refractivity contribution in [1.29, 1.82) is 0 Å². The molecule has 0 atom stereocenters. The summed E-state index contributed by atoms with van der Waals surface area (Å²) in [6, 6.07) is 3.97. The minimum absolute atomic E-state index is 0.107. The maximum absolute atomic E-state index is 13.0. The SMILES string of the molecule is O=C(O)CNC(=O)c1c(=O)cc(Sc2cc(Cl)cc(C(F)(F)F)c2)n2[nH]cnc12. The Morgan fingerprint density at radius 1 is 1.28 bits per heavy atom. The van der Waals surface area contributed by atoms with E-state index >= 15 is 0 Å². The normalized spacial score (nSPS) is 11.6. The summed E-state index contributed by atoms with van der Waals surface area (Å²) in [5.74, 6) is -2.24. The van der Waals surface area contributed by atoms with Gasteiger partial charge in [0.25, 0.3) is 5.91 Å². The lowest BCUT2D eigenvalue weighted by atomic mass is 10.2. The summed E-state index contributed by atoms with van der Waals surface area (Å²) in [6.07, 6.45) is -3.43. The number of aliphatic carboxylic acids is 1. The van der Waals surface area contributed by atoms with Gasteiger partial charge in [0.05, 0.1) is 5.56 Å². The lowest BCUT2D eigenvalue weighted by Crippen LogP contribution is -2.33. The molecule has 13 heteroatoms. The standard InChI is InChI=1S/C16H10ClF3N4O4S/c17-8-1-7(16(18,19)20)2-9(3-8)29-11-4-10(25)13(14-22-6-23-24(11)14)15(28)21-5-12(26)27/h1-4,6H,5H2,(H,21,28)(H,22,23)(H,26,27). The van der Waals surface area contributed by atoms with Gasteiger partial charge < -0.3 is 10.4 Å². The van der Waals surface area contributed by atoms with E-state index in [0.29, 0.717) is 0 Å². The molecule has 0 bridgehead atoms. The van der Waals surface area contributed by atoms with E-state index in [1.165, 1.54) is 16.9 Å². The number of H-pyrrole nitrogens is 1. The van der Waals surface area contributed by atoms with Crippen molar-refractivity contribution in [3.05, 3.63) is 57.0 Å². The average molecular weight is 447 g/mol. The van der Waals surface area contributed by atoms with E-state index in [-0.39, 0.29) is 20.6 Å². The first kappa shape index (κ1) is 20.7.